The number of rotatable bonds is 11. The monoisotopic (exact) mass is 506 g/mol. The van der Waals surface area contributed by atoms with Crippen LogP contribution >= 0.6 is 11.8 Å². The third-order valence-electron chi connectivity index (χ3n) is 5.81. The number of amides is 2. The molecule has 0 aromatic heterocycles. The predicted molar refractivity (Wildman–Crippen MR) is 144 cm³/mol. The van der Waals surface area contributed by atoms with Crippen molar-refractivity contribution in [2.75, 3.05) is 19.1 Å². The number of nitrogens with one attached hydrogen (secondary N) is 2. The van der Waals surface area contributed by atoms with Gasteiger partial charge in [0.15, 0.2) is 0 Å². The Labute approximate surface area is 214 Å². The minimum Gasteiger partial charge on any atom is -0.497 e. The highest BCUT2D eigenvalue weighted by atomic mass is 32.2. The molecule has 0 radical (unpaired) electrons. The van der Waals surface area contributed by atoms with Gasteiger partial charge in [-0.3, -0.25) is 9.59 Å². The van der Waals surface area contributed by atoms with Gasteiger partial charge in [0.05, 0.1) is 13.0 Å². The molecule has 0 heterocycles. The summed E-state index contributed by atoms with van der Waals surface area (Å²) in [4.78, 5) is 37.9. The van der Waals surface area contributed by atoms with Crippen LogP contribution in [0.5, 0.6) is 5.75 Å². The van der Waals surface area contributed by atoms with Gasteiger partial charge in [0, 0.05) is 0 Å². The van der Waals surface area contributed by atoms with Crippen LogP contribution in [-0.2, 0) is 14.4 Å². The van der Waals surface area contributed by atoms with Gasteiger partial charge in [-0.15, -0.1) is 0 Å². The molecule has 188 valence electrons. The summed E-state index contributed by atoms with van der Waals surface area (Å²) in [6, 6.07) is 19.5. The van der Waals surface area contributed by atoms with Crippen LogP contribution in [0.3, 0.4) is 0 Å². The minimum atomic E-state index is -1.26. The van der Waals surface area contributed by atoms with E-state index >= 15 is 0 Å². The van der Waals surface area contributed by atoms with Gasteiger partial charge in [-0.05, 0) is 65.5 Å². The van der Waals surface area contributed by atoms with Gasteiger partial charge in [0.1, 0.15) is 17.5 Å². The quantitative estimate of drug-likeness (QED) is 0.332. The van der Waals surface area contributed by atoms with Crippen molar-refractivity contribution in [1.82, 2.24) is 10.6 Å². The lowest BCUT2D eigenvalue weighted by Gasteiger charge is -2.21. The first kappa shape index (κ1) is 26.8. The van der Waals surface area contributed by atoms with Gasteiger partial charge in [0.25, 0.3) is 0 Å². The Morgan fingerprint density at radius 1 is 1.00 bits per heavy atom. The molecule has 0 saturated heterocycles. The molecule has 0 bridgehead atoms. The van der Waals surface area contributed by atoms with E-state index in [4.69, 9.17) is 4.74 Å². The zero-order valence-electron chi connectivity index (χ0n) is 20.5. The standard InChI is InChI=1S/C28H30N2O5S/c1-18(20-9-10-22-17-23(35-2)12-11-21(22)16-20)26(31)29-24(13-14-36-3)27(32)30-25(28(33)34)15-19-7-5-4-6-8-19/h4-12,15-18,24H,13-14H2,1-3H3,(H,29,31)(H,30,32)(H,33,34)/b25-15-/t18-,24-/m0/s1. The number of carboxylic acids is 1. The Morgan fingerprint density at radius 2 is 1.69 bits per heavy atom. The second-order valence-electron chi connectivity index (χ2n) is 8.30. The van der Waals surface area contributed by atoms with Crippen molar-refractivity contribution in [1.29, 1.82) is 0 Å². The Hall–Kier alpha value is -3.78. The van der Waals surface area contributed by atoms with E-state index < -0.39 is 23.8 Å². The average molecular weight is 507 g/mol. The van der Waals surface area contributed by atoms with Crippen molar-refractivity contribution in [3.63, 3.8) is 0 Å². The first-order chi connectivity index (χ1) is 17.3. The molecule has 3 aromatic rings. The van der Waals surface area contributed by atoms with Crippen LogP contribution in [0.25, 0.3) is 16.8 Å². The molecular formula is C28H30N2O5S. The maximum atomic E-state index is 13.1. The van der Waals surface area contributed by atoms with Crippen LogP contribution in [-0.4, -0.2) is 48.1 Å². The summed E-state index contributed by atoms with van der Waals surface area (Å²) < 4.78 is 5.27. The molecule has 7 nitrogen and oxygen atoms in total. The van der Waals surface area contributed by atoms with E-state index in [1.54, 1.807) is 38.3 Å². The number of aliphatic carboxylic acids is 1. The lowest BCUT2D eigenvalue weighted by atomic mass is 9.96. The van der Waals surface area contributed by atoms with Gasteiger partial charge >= 0.3 is 5.97 Å². The third kappa shape index (κ3) is 7.11. The van der Waals surface area contributed by atoms with E-state index in [1.807, 2.05) is 48.7 Å². The lowest BCUT2D eigenvalue weighted by molar-refractivity contribution is -0.135. The van der Waals surface area contributed by atoms with E-state index in [0.717, 1.165) is 22.1 Å². The molecule has 36 heavy (non-hydrogen) atoms. The Bertz CT molecular complexity index is 1260. The molecule has 0 aliphatic rings. The highest BCUT2D eigenvalue weighted by Crippen LogP contribution is 2.25. The second-order valence-corrected chi connectivity index (χ2v) is 9.29. The van der Waals surface area contributed by atoms with Gasteiger partial charge in [0.2, 0.25) is 11.8 Å². The van der Waals surface area contributed by atoms with Gasteiger partial charge in [-0.1, -0.05) is 54.6 Å². The summed E-state index contributed by atoms with van der Waals surface area (Å²) >= 11 is 1.54. The number of hydrogen-bond acceptors (Lipinski definition) is 5. The van der Waals surface area contributed by atoms with Crippen LogP contribution in [0.1, 0.15) is 30.4 Å². The molecule has 8 heteroatoms. The van der Waals surface area contributed by atoms with Crippen LogP contribution in [0.2, 0.25) is 0 Å². The first-order valence-corrected chi connectivity index (χ1v) is 12.9. The van der Waals surface area contributed by atoms with E-state index in [9.17, 15) is 19.5 Å². The summed E-state index contributed by atoms with van der Waals surface area (Å²) in [5.74, 6) is -1.28. The number of thioether (sulfide) groups is 1. The van der Waals surface area contributed by atoms with Crippen LogP contribution in [0, 0.1) is 0 Å². The zero-order chi connectivity index (χ0) is 26.1. The van der Waals surface area contributed by atoms with Crippen LogP contribution in [0.15, 0.2) is 72.4 Å². The number of hydrogen-bond donors (Lipinski definition) is 3. The number of fused-ring (bicyclic) bond motifs is 1. The van der Waals surface area contributed by atoms with E-state index in [0.29, 0.717) is 17.7 Å². The number of carbonyl (C=O) groups is 3. The smallest absolute Gasteiger partial charge is 0.352 e. The number of ether oxygens (including phenoxy) is 1. The maximum Gasteiger partial charge on any atom is 0.352 e. The average Bonchev–Trinajstić information content (AvgIpc) is 2.89. The molecule has 0 spiro atoms. The van der Waals surface area contributed by atoms with E-state index in [1.165, 1.54) is 17.8 Å². The molecule has 0 unspecified atom stereocenters. The molecule has 0 fully saturated rings. The largest absolute Gasteiger partial charge is 0.497 e. The highest BCUT2D eigenvalue weighted by molar-refractivity contribution is 7.98. The van der Waals surface area contributed by atoms with Crippen molar-refractivity contribution in [2.45, 2.75) is 25.3 Å². The summed E-state index contributed by atoms with van der Waals surface area (Å²) in [6.45, 7) is 1.78. The molecule has 0 aliphatic carbocycles. The molecule has 2 atom stereocenters. The van der Waals surface area contributed by atoms with Crippen molar-refractivity contribution < 1.29 is 24.2 Å². The molecule has 2 amide bonds. The molecule has 3 N–H and O–H groups in total. The van der Waals surface area contributed by atoms with Gasteiger partial charge < -0.3 is 20.5 Å². The van der Waals surface area contributed by atoms with E-state index in [2.05, 4.69) is 10.6 Å². The van der Waals surface area contributed by atoms with Gasteiger partial charge in [-0.25, -0.2) is 4.79 Å². The molecule has 3 rings (SSSR count). The van der Waals surface area contributed by atoms with Crippen LogP contribution in [0.4, 0.5) is 0 Å². The fourth-order valence-electron chi connectivity index (χ4n) is 3.68. The number of carboxylic acid groups (broad SMARTS) is 1. The number of carbonyl (C=O) groups excluding carboxylic acids is 2. The number of benzene rings is 3. The maximum absolute atomic E-state index is 13.1. The van der Waals surface area contributed by atoms with Crippen molar-refractivity contribution in [2.24, 2.45) is 0 Å². The second kappa shape index (κ2) is 12.8. The molecule has 0 aliphatic heterocycles. The summed E-state index contributed by atoms with van der Waals surface area (Å²) in [5.41, 5.74) is 1.19. The minimum absolute atomic E-state index is 0.257. The molecule has 3 aromatic carbocycles. The number of methoxy groups -OCH3 is 1. The normalized spacial score (nSPS) is 13.0. The van der Waals surface area contributed by atoms with Crippen molar-refractivity contribution in [3.05, 3.63) is 83.6 Å². The fourth-order valence-corrected chi connectivity index (χ4v) is 4.15. The topological polar surface area (TPSA) is 105 Å². The first-order valence-electron chi connectivity index (χ1n) is 11.5. The SMILES string of the molecule is COc1ccc2cc([C@H](C)C(=O)N[C@@H](CCSC)C(=O)N/C(=C\c3ccccc3)C(=O)O)ccc2c1. The molecular weight excluding hydrogens is 476 g/mol. The summed E-state index contributed by atoms with van der Waals surface area (Å²) in [6.07, 6.45) is 3.66. The fraction of sp³-hybridized carbons (Fsp3) is 0.250. The lowest BCUT2D eigenvalue weighted by Crippen LogP contribution is -2.48. The Balaban J connectivity index is 1.76. The van der Waals surface area contributed by atoms with Crippen molar-refractivity contribution >= 4 is 46.4 Å². The predicted octanol–water partition coefficient (Wildman–Crippen LogP) is 4.43. The van der Waals surface area contributed by atoms with Crippen LogP contribution < -0.4 is 15.4 Å². The summed E-state index contributed by atoms with van der Waals surface area (Å²) in [7, 11) is 1.61. The summed E-state index contributed by atoms with van der Waals surface area (Å²) in [5, 5.41) is 16.9. The zero-order valence-corrected chi connectivity index (χ0v) is 21.3. The van der Waals surface area contributed by atoms with E-state index in [-0.39, 0.29) is 11.6 Å². The van der Waals surface area contributed by atoms with Gasteiger partial charge in [-0.2, -0.15) is 11.8 Å². The van der Waals surface area contributed by atoms with Crippen molar-refractivity contribution in [3.8, 4) is 5.75 Å². The highest BCUT2D eigenvalue weighted by Gasteiger charge is 2.26. The Morgan fingerprint density at radius 3 is 2.36 bits per heavy atom. The Kier molecular flexibility index (Phi) is 9.53. The third-order valence-corrected chi connectivity index (χ3v) is 6.45. The molecule has 0 saturated carbocycles.